The molecule has 30 heavy (non-hydrogen) atoms. The largest absolute Gasteiger partial charge is 0.489 e. The van der Waals surface area contributed by atoms with E-state index in [1.807, 2.05) is 36.4 Å². The summed E-state index contributed by atoms with van der Waals surface area (Å²) >= 11 is 0. The number of hydrogen-bond acceptors (Lipinski definition) is 4. The Balaban J connectivity index is 1.51. The summed E-state index contributed by atoms with van der Waals surface area (Å²) in [5, 5.41) is 6.63. The number of rotatable bonds is 7. The maximum absolute atomic E-state index is 12.2. The number of hydrogen-bond donors (Lipinski definition) is 2. The van der Waals surface area contributed by atoms with Gasteiger partial charge in [-0.1, -0.05) is 35.9 Å². The second-order valence-corrected chi connectivity index (χ2v) is 6.80. The van der Waals surface area contributed by atoms with Crippen LogP contribution >= 0.6 is 0 Å². The zero-order chi connectivity index (χ0) is 21.3. The molecule has 0 aromatic heterocycles. The van der Waals surface area contributed by atoms with Crippen molar-refractivity contribution in [2.24, 2.45) is 5.10 Å². The lowest BCUT2D eigenvalue weighted by Gasteiger charge is -2.07. The van der Waals surface area contributed by atoms with Crippen LogP contribution in [0.2, 0.25) is 0 Å². The van der Waals surface area contributed by atoms with Gasteiger partial charge in [0.25, 0.3) is 5.91 Å². The van der Waals surface area contributed by atoms with Crippen LogP contribution in [-0.2, 0) is 11.4 Å². The van der Waals surface area contributed by atoms with Crippen LogP contribution in [0.25, 0.3) is 0 Å². The maximum atomic E-state index is 12.2. The number of nitrogens with one attached hydrogen (secondary N) is 2. The number of carbonyl (C=O) groups excluding carboxylic acids is 2. The molecule has 3 rings (SSSR count). The topological polar surface area (TPSA) is 79.8 Å². The SMILES string of the molecule is CC(=O)Nc1cccc(C(=O)NN=Cc2ccc(OCc3ccc(C)cc3)cc2)c1. The van der Waals surface area contributed by atoms with Crippen LogP contribution in [0, 0.1) is 6.92 Å². The Bertz CT molecular complexity index is 1040. The predicted octanol–water partition coefficient (Wildman–Crippen LogP) is 4.30. The summed E-state index contributed by atoms with van der Waals surface area (Å²) in [4.78, 5) is 23.3. The summed E-state index contributed by atoms with van der Waals surface area (Å²) in [6.45, 7) is 3.97. The average molecular weight is 401 g/mol. The molecular weight excluding hydrogens is 378 g/mol. The van der Waals surface area contributed by atoms with Crippen LogP contribution < -0.4 is 15.5 Å². The normalized spacial score (nSPS) is 10.6. The minimum Gasteiger partial charge on any atom is -0.489 e. The summed E-state index contributed by atoms with van der Waals surface area (Å²) in [6.07, 6.45) is 1.55. The first-order valence-corrected chi connectivity index (χ1v) is 9.49. The van der Waals surface area contributed by atoms with E-state index in [-0.39, 0.29) is 11.8 Å². The van der Waals surface area contributed by atoms with Crippen molar-refractivity contribution in [3.63, 3.8) is 0 Å². The summed E-state index contributed by atoms with van der Waals surface area (Å²) in [5.74, 6) is 0.194. The third-order valence-corrected chi connectivity index (χ3v) is 4.23. The van der Waals surface area contributed by atoms with E-state index in [1.165, 1.54) is 12.5 Å². The molecule has 0 saturated carbocycles. The fraction of sp³-hybridized carbons (Fsp3) is 0.125. The van der Waals surface area contributed by atoms with Gasteiger partial charge in [0.1, 0.15) is 12.4 Å². The first kappa shape index (κ1) is 20.8. The van der Waals surface area contributed by atoms with E-state index < -0.39 is 0 Å². The van der Waals surface area contributed by atoms with Crippen LogP contribution in [0.5, 0.6) is 5.75 Å². The van der Waals surface area contributed by atoms with Crippen LogP contribution in [-0.4, -0.2) is 18.0 Å². The number of carbonyl (C=O) groups is 2. The Labute approximate surface area is 175 Å². The van der Waals surface area contributed by atoms with Crippen LogP contribution in [0.15, 0.2) is 77.9 Å². The van der Waals surface area contributed by atoms with Gasteiger partial charge in [-0.15, -0.1) is 0 Å². The van der Waals surface area contributed by atoms with E-state index in [9.17, 15) is 9.59 Å². The lowest BCUT2D eigenvalue weighted by Crippen LogP contribution is -2.18. The van der Waals surface area contributed by atoms with E-state index in [2.05, 4.69) is 34.9 Å². The Morgan fingerprint density at radius 3 is 2.43 bits per heavy atom. The summed E-state index contributed by atoms with van der Waals surface area (Å²) in [6, 6.07) is 22.3. The van der Waals surface area contributed by atoms with Gasteiger partial charge in [-0.3, -0.25) is 9.59 Å². The molecule has 152 valence electrons. The van der Waals surface area contributed by atoms with E-state index in [1.54, 1.807) is 30.5 Å². The third-order valence-electron chi connectivity index (χ3n) is 4.23. The number of anilines is 1. The number of nitrogens with zero attached hydrogens (tertiary/aromatic N) is 1. The van der Waals surface area contributed by atoms with Crippen molar-refractivity contribution in [2.45, 2.75) is 20.5 Å². The molecule has 0 atom stereocenters. The fourth-order valence-corrected chi connectivity index (χ4v) is 2.67. The lowest BCUT2D eigenvalue weighted by molar-refractivity contribution is -0.114. The van der Waals surface area contributed by atoms with Gasteiger partial charge < -0.3 is 10.1 Å². The van der Waals surface area contributed by atoms with Crippen molar-refractivity contribution < 1.29 is 14.3 Å². The van der Waals surface area contributed by atoms with Crippen molar-refractivity contribution >= 4 is 23.7 Å². The highest BCUT2D eigenvalue weighted by atomic mass is 16.5. The molecule has 3 aromatic rings. The maximum Gasteiger partial charge on any atom is 0.271 e. The molecule has 0 spiro atoms. The van der Waals surface area contributed by atoms with Gasteiger partial charge >= 0.3 is 0 Å². The van der Waals surface area contributed by atoms with Crippen molar-refractivity contribution in [3.8, 4) is 5.75 Å². The molecule has 0 saturated heterocycles. The van der Waals surface area contributed by atoms with Crippen molar-refractivity contribution in [2.75, 3.05) is 5.32 Å². The molecular formula is C24H23N3O3. The zero-order valence-electron chi connectivity index (χ0n) is 16.9. The molecule has 0 aliphatic heterocycles. The smallest absolute Gasteiger partial charge is 0.271 e. The Morgan fingerprint density at radius 2 is 1.73 bits per heavy atom. The third kappa shape index (κ3) is 6.31. The molecule has 0 unspecified atom stereocenters. The molecule has 0 aliphatic rings. The highest BCUT2D eigenvalue weighted by Gasteiger charge is 2.05. The van der Waals surface area contributed by atoms with Gasteiger partial charge in [-0.25, -0.2) is 5.43 Å². The van der Waals surface area contributed by atoms with Gasteiger partial charge in [0, 0.05) is 18.2 Å². The summed E-state index contributed by atoms with van der Waals surface area (Å²) < 4.78 is 5.78. The van der Waals surface area contributed by atoms with Gasteiger partial charge in [0.2, 0.25) is 5.91 Å². The molecule has 0 radical (unpaired) electrons. The monoisotopic (exact) mass is 401 g/mol. The Hall–Kier alpha value is -3.93. The van der Waals surface area contributed by atoms with Gasteiger partial charge in [0.05, 0.1) is 6.21 Å². The number of hydrazone groups is 1. The number of benzene rings is 3. The minimum absolute atomic E-state index is 0.197. The molecule has 0 heterocycles. The molecule has 2 N–H and O–H groups in total. The second kappa shape index (κ2) is 10.0. The van der Waals surface area contributed by atoms with E-state index in [4.69, 9.17) is 4.74 Å². The van der Waals surface area contributed by atoms with E-state index >= 15 is 0 Å². The first-order chi connectivity index (χ1) is 14.5. The number of ether oxygens (including phenoxy) is 1. The molecule has 0 aliphatic carbocycles. The first-order valence-electron chi connectivity index (χ1n) is 9.49. The van der Waals surface area contributed by atoms with Crippen LogP contribution in [0.4, 0.5) is 5.69 Å². The van der Waals surface area contributed by atoms with E-state index in [0.29, 0.717) is 17.9 Å². The van der Waals surface area contributed by atoms with Crippen molar-refractivity contribution in [1.29, 1.82) is 0 Å². The lowest BCUT2D eigenvalue weighted by atomic mass is 10.2. The quantitative estimate of drug-likeness (QED) is 0.458. The van der Waals surface area contributed by atoms with Crippen LogP contribution in [0.3, 0.4) is 0 Å². The fourth-order valence-electron chi connectivity index (χ4n) is 2.67. The molecule has 2 amide bonds. The number of aryl methyl sites for hydroxylation is 1. The minimum atomic E-state index is -0.364. The highest BCUT2D eigenvalue weighted by molar-refractivity contribution is 5.97. The molecule has 0 bridgehead atoms. The van der Waals surface area contributed by atoms with E-state index in [0.717, 1.165) is 16.9 Å². The Morgan fingerprint density at radius 1 is 1.00 bits per heavy atom. The van der Waals surface area contributed by atoms with Gasteiger partial charge in [-0.05, 0) is 60.5 Å². The summed E-state index contributed by atoms with van der Waals surface area (Å²) in [5.41, 5.74) is 6.59. The van der Waals surface area contributed by atoms with Gasteiger partial charge in [-0.2, -0.15) is 5.10 Å². The predicted molar refractivity (Wildman–Crippen MR) is 118 cm³/mol. The van der Waals surface area contributed by atoms with Crippen molar-refractivity contribution in [3.05, 3.63) is 95.1 Å². The van der Waals surface area contributed by atoms with Crippen molar-refractivity contribution in [1.82, 2.24) is 5.43 Å². The summed E-state index contributed by atoms with van der Waals surface area (Å²) in [7, 11) is 0. The highest BCUT2D eigenvalue weighted by Crippen LogP contribution is 2.14. The molecule has 6 heteroatoms. The molecule has 0 fully saturated rings. The van der Waals surface area contributed by atoms with Gasteiger partial charge in [0.15, 0.2) is 0 Å². The molecule has 6 nitrogen and oxygen atoms in total. The second-order valence-electron chi connectivity index (χ2n) is 6.80. The average Bonchev–Trinajstić information content (AvgIpc) is 2.74. The molecule has 3 aromatic carbocycles. The van der Waals surface area contributed by atoms with Crippen LogP contribution in [0.1, 0.15) is 34.0 Å². The standard InChI is InChI=1S/C24H23N3O3/c1-17-6-8-20(9-7-17)16-30-23-12-10-19(11-13-23)15-25-27-24(29)21-4-3-5-22(14-21)26-18(2)28/h3-15H,16H2,1-2H3,(H,26,28)(H,27,29). The zero-order valence-corrected chi connectivity index (χ0v) is 16.9. The number of amides is 2. The Kier molecular flexibility index (Phi) is 6.95.